The molecular formula is C31H30N2O6. The number of ketones is 1. The SMILES string of the molecule is COc1ccc2[nH]cc(CCN3C(=O)C(=O)C(=C(O)c4ccc(C)cc4)[C@@H]3c3ccc(OC)c(OC)c3)c2c1. The minimum Gasteiger partial charge on any atom is -0.507 e. The third-order valence-electron chi connectivity index (χ3n) is 7.18. The smallest absolute Gasteiger partial charge is 0.295 e. The lowest BCUT2D eigenvalue weighted by atomic mass is 9.94. The summed E-state index contributed by atoms with van der Waals surface area (Å²) in [4.78, 5) is 31.6. The molecule has 8 nitrogen and oxygen atoms in total. The van der Waals surface area contributed by atoms with Crippen LogP contribution in [0.3, 0.4) is 0 Å². The number of aryl methyl sites for hydroxylation is 1. The van der Waals surface area contributed by atoms with Gasteiger partial charge in [-0.25, -0.2) is 0 Å². The molecule has 200 valence electrons. The van der Waals surface area contributed by atoms with Crippen LogP contribution in [0.4, 0.5) is 0 Å². The lowest BCUT2D eigenvalue weighted by molar-refractivity contribution is -0.139. The number of ether oxygens (including phenoxy) is 3. The maximum Gasteiger partial charge on any atom is 0.295 e. The number of Topliss-reactive ketones (excluding diaryl/α,β-unsaturated/α-hetero) is 1. The van der Waals surface area contributed by atoms with Crippen LogP contribution in [0.25, 0.3) is 16.7 Å². The summed E-state index contributed by atoms with van der Waals surface area (Å²) in [5.74, 6) is 0.0955. The molecule has 0 saturated carbocycles. The fourth-order valence-electron chi connectivity index (χ4n) is 5.08. The first-order valence-electron chi connectivity index (χ1n) is 12.6. The number of nitrogens with one attached hydrogen (secondary N) is 1. The minimum atomic E-state index is -0.814. The highest BCUT2D eigenvalue weighted by molar-refractivity contribution is 6.46. The zero-order chi connectivity index (χ0) is 27.7. The molecule has 0 spiro atoms. The lowest BCUT2D eigenvalue weighted by Gasteiger charge is -2.26. The third-order valence-corrected chi connectivity index (χ3v) is 7.18. The first-order chi connectivity index (χ1) is 18.9. The Kier molecular flexibility index (Phi) is 7.02. The van der Waals surface area contributed by atoms with E-state index in [1.54, 1.807) is 37.4 Å². The van der Waals surface area contributed by atoms with Crippen LogP contribution in [0.5, 0.6) is 17.2 Å². The summed E-state index contributed by atoms with van der Waals surface area (Å²) in [6, 6.07) is 17.4. The molecular weight excluding hydrogens is 496 g/mol. The van der Waals surface area contributed by atoms with Gasteiger partial charge in [0.05, 0.1) is 32.9 Å². The molecule has 4 aromatic rings. The largest absolute Gasteiger partial charge is 0.507 e. The molecule has 8 heteroatoms. The van der Waals surface area contributed by atoms with Gasteiger partial charge in [-0.2, -0.15) is 0 Å². The van der Waals surface area contributed by atoms with Crippen LogP contribution in [0, 0.1) is 6.92 Å². The van der Waals surface area contributed by atoms with Crippen molar-refractivity contribution in [3.05, 3.63) is 94.7 Å². The maximum absolute atomic E-state index is 13.4. The number of methoxy groups -OCH3 is 3. The van der Waals surface area contributed by atoms with Crippen LogP contribution in [0.15, 0.2) is 72.4 Å². The van der Waals surface area contributed by atoms with Crippen LogP contribution >= 0.6 is 0 Å². The normalized spacial score (nSPS) is 16.6. The Labute approximate surface area is 226 Å². The summed E-state index contributed by atoms with van der Waals surface area (Å²) >= 11 is 0. The van der Waals surface area contributed by atoms with Gasteiger partial charge in [0.2, 0.25) is 0 Å². The zero-order valence-corrected chi connectivity index (χ0v) is 22.3. The number of benzene rings is 3. The summed E-state index contributed by atoms with van der Waals surface area (Å²) in [6.07, 6.45) is 2.38. The Morgan fingerprint density at radius 1 is 0.923 bits per heavy atom. The van der Waals surface area contributed by atoms with E-state index in [2.05, 4.69) is 4.98 Å². The number of aliphatic hydroxyl groups excluding tert-OH is 1. The van der Waals surface area contributed by atoms with Crippen molar-refractivity contribution < 1.29 is 28.9 Å². The Bertz CT molecular complexity index is 1580. The Morgan fingerprint density at radius 2 is 1.67 bits per heavy atom. The number of aliphatic hydroxyl groups is 1. The van der Waals surface area contributed by atoms with Crippen molar-refractivity contribution in [3.63, 3.8) is 0 Å². The van der Waals surface area contributed by atoms with Crippen LogP contribution in [-0.2, 0) is 16.0 Å². The Balaban J connectivity index is 1.59. The summed E-state index contributed by atoms with van der Waals surface area (Å²) in [7, 11) is 4.68. The highest BCUT2D eigenvalue weighted by Crippen LogP contribution is 2.42. The predicted octanol–water partition coefficient (Wildman–Crippen LogP) is 5.17. The molecule has 39 heavy (non-hydrogen) atoms. The average Bonchev–Trinajstić information content (AvgIpc) is 3.48. The standard InChI is InChI=1S/C31H30N2O6/c1-18-5-7-19(8-6-18)29(34)27-28(20-9-12-25(38-3)26(15-20)39-4)33(31(36)30(27)35)14-13-21-17-32-24-11-10-22(37-2)16-23(21)24/h5-12,15-17,28,32,34H,13-14H2,1-4H3/t28-/m0/s1. The lowest BCUT2D eigenvalue weighted by Crippen LogP contribution is -2.31. The van der Waals surface area contributed by atoms with E-state index in [0.717, 1.165) is 27.8 Å². The van der Waals surface area contributed by atoms with E-state index >= 15 is 0 Å². The van der Waals surface area contributed by atoms with Gasteiger partial charge in [0.1, 0.15) is 11.5 Å². The third kappa shape index (κ3) is 4.69. The fraction of sp³-hybridized carbons (Fsp3) is 0.226. The first-order valence-corrected chi connectivity index (χ1v) is 12.6. The van der Waals surface area contributed by atoms with E-state index in [9.17, 15) is 14.7 Å². The highest BCUT2D eigenvalue weighted by Gasteiger charge is 2.46. The number of amides is 1. The molecule has 0 bridgehead atoms. The molecule has 1 atom stereocenters. The molecule has 1 aromatic heterocycles. The molecule has 1 aliphatic rings. The van der Waals surface area contributed by atoms with Crippen molar-refractivity contribution in [2.75, 3.05) is 27.9 Å². The summed E-state index contributed by atoms with van der Waals surface area (Å²) in [5, 5.41) is 12.3. The van der Waals surface area contributed by atoms with Crippen LogP contribution in [-0.4, -0.2) is 54.6 Å². The number of rotatable bonds is 8. The number of carbonyl (C=O) groups excluding carboxylic acids is 2. The number of H-pyrrole nitrogens is 1. The minimum absolute atomic E-state index is 0.0386. The molecule has 1 saturated heterocycles. The number of aromatic nitrogens is 1. The molecule has 1 amide bonds. The highest BCUT2D eigenvalue weighted by atomic mass is 16.5. The summed E-state index contributed by atoms with van der Waals surface area (Å²) in [5.41, 5.74) is 4.07. The van der Waals surface area contributed by atoms with Gasteiger partial charge in [0.25, 0.3) is 11.7 Å². The molecule has 2 heterocycles. The van der Waals surface area contributed by atoms with Crippen molar-refractivity contribution in [2.45, 2.75) is 19.4 Å². The molecule has 0 unspecified atom stereocenters. The zero-order valence-electron chi connectivity index (χ0n) is 22.3. The number of aromatic amines is 1. The van der Waals surface area contributed by atoms with Gasteiger partial charge in [-0.05, 0) is 54.8 Å². The van der Waals surface area contributed by atoms with E-state index in [1.807, 2.05) is 43.5 Å². The van der Waals surface area contributed by atoms with Crippen LogP contribution < -0.4 is 14.2 Å². The predicted molar refractivity (Wildman–Crippen MR) is 148 cm³/mol. The van der Waals surface area contributed by atoms with Crippen molar-refractivity contribution in [3.8, 4) is 17.2 Å². The number of hydrogen-bond donors (Lipinski definition) is 2. The number of nitrogens with zero attached hydrogens (tertiary/aromatic N) is 1. The number of carbonyl (C=O) groups is 2. The van der Waals surface area contributed by atoms with E-state index in [4.69, 9.17) is 14.2 Å². The molecule has 1 aliphatic heterocycles. The van der Waals surface area contributed by atoms with Gasteiger partial charge in [-0.15, -0.1) is 0 Å². The second-order valence-electron chi connectivity index (χ2n) is 9.45. The van der Waals surface area contributed by atoms with Crippen LogP contribution in [0.2, 0.25) is 0 Å². The van der Waals surface area contributed by atoms with E-state index in [0.29, 0.717) is 29.0 Å². The second kappa shape index (κ2) is 10.6. The van der Waals surface area contributed by atoms with Crippen LogP contribution in [0.1, 0.15) is 28.3 Å². The summed E-state index contributed by atoms with van der Waals surface area (Å²) in [6.45, 7) is 2.19. The fourth-order valence-corrected chi connectivity index (χ4v) is 5.08. The summed E-state index contributed by atoms with van der Waals surface area (Å²) < 4.78 is 16.3. The number of fused-ring (bicyclic) bond motifs is 1. The molecule has 3 aromatic carbocycles. The molecule has 0 radical (unpaired) electrons. The van der Waals surface area contributed by atoms with Gasteiger partial charge in [0, 0.05) is 29.2 Å². The van der Waals surface area contributed by atoms with Gasteiger partial charge < -0.3 is 29.2 Å². The average molecular weight is 527 g/mol. The number of hydrogen-bond acceptors (Lipinski definition) is 6. The van der Waals surface area contributed by atoms with Crippen molar-refractivity contribution in [1.29, 1.82) is 0 Å². The quantitative estimate of drug-likeness (QED) is 0.187. The second-order valence-corrected chi connectivity index (χ2v) is 9.45. The van der Waals surface area contributed by atoms with Crippen molar-refractivity contribution in [2.24, 2.45) is 0 Å². The van der Waals surface area contributed by atoms with Gasteiger partial charge in [-0.3, -0.25) is 9.59 Å². The molecule has 0 aliphatic carbocycles. The first kappa shape index (κ1) is 25.9. The molecule has 1 fully saturated rings. The monoisotopic (exact) mass is 526 g/mol. The van der Waals surface area contributed by atoms with E-state index < -0.39 is 17.7 Å². The molecule has 5 rings (SSSR count). The topological polar surface area (TPSA) is 101 Å². The van der Waals surface area contributed by atoms with Gasteiger partial charge in [-0.1, -0.05) is 35.9 Å². The Hall–Kier alpha value is -4.72. The van der Waals surface area contributed by atoms with Crippen molar-refractivity contribution >= 4 is 28.4 Å². The number of likely N-dealkylation sites (tertiary alicyclic amines) is 1. The molecule has 2 N–H and O–H groups in total. The van der Waals surface area contributed by atoms with Crippen molar-refractivity contribution in [1.82, 2.24) is 9.88 Å². The van der Waals surface area contributed by atoms with E-state index in [-0.39, 0.29) is 17.9 Å². The maximum atomic E-state index is 13.4. The van der Waals surface area contributed by atoms with Gasteiger partial charge >= 0.3 is 0 Å². The van der Waals surface area contributed by atoms with E-state index in [1.165, 1.54) is 19.1 Å². The Morgan fingerprint density at radius 3 is 2.36 bits per heavy atom. The van der Waals surface area contributed by atoms with Gasteiger partial charge in [0.15, 0.2) is 11.5 Å².